The zero-order chi connectivity index (χ0) is 15.1. The van der Waals surface area contributed by atoms with E-state index in [1.807, 2.05) is 31.2 Å². The van der Waals surface area contributed by atoms with Crippen molar-refractivity contribution in [2.24, 2.45) is 0 Å². The van der Waals surface area contributed by atoms with Gasteiger partial charge in [0, 0.05) is 10.0 Å². The van der Waals surface area contributed by atoms with E-state index >= 15 is 0 Å². The molecule has 0 spiro atoms. The molecule has 3 heteroatoms. The first-order chi connectivity index (χ1) is 10.7. The van der Waals surface area contributed by atoms with Crippen molar-refractivity contribution in [3.8, 4) is 11.3 Å². The van der Waals surface area contributed by atoms with Crippen molar-refractivity contribution in [3.05, 3.63) is 70.8 Å². The predicted octanol–water partition coefficient (Wildman–Crippen LogP) is 5.52. The second-order valence-electron chi connectivity index (χ2n) is 5.33. The molecule has 0 radical (unpaired) electrons. The van der Waals surface area contributed by atoms with E-state index in [-0.39, 0.29) is 0 Å². The molecular weight excluding hydrogens is 336 g/mol. The number of halogens is 1. The Labute approximate surface area is 137 Å². The molecule has 22 heavy (non-hydrogen) atoms. The number of rotatable bonds is 1. The molecule has 0 saturated heterocycles. The molecule has 0 amide bonds. The molecule has 0 aliphatic carbocycles. The highest BCUT2D eigenvalue weighted by atomic mass is 79.9. The third-order valence-corrected chi connectivity index (χ3v) is 4.49. The van der Waals surface area contributed by atoms with Crippen LogP contribution in [0.25, 0.3) is 33.1 Å². The van der Waals surface area contributed by atoms with Crippen LogP contribution in [0.15, 0.2) is 65.1 Å². The summed E-state index contributed by atoms with van der Waals surface area (Å²) in [5, 5.41) is 2.42. The van der Waals surface area contributed by atoms with Gasteiger partial charge in [-0.3, -0.25) is 0 Å². The molecule has 0 bridgehead atoms. The van der Waals surface area contributed by atoms with Gasteiger partial charge in [-0.15, -0.1) is 0 Å². The molecule has 1 aromatic heterocycles. The second kappa shape index (κ2) is 5.18. The van der Waals surface area contributed by atoms with Crippen LogP contribution in [-0.2, 0) is 0 Å². The lowest BCUT2D eigenvalue weighted by Crippen LogP contribution is -1.95. The van der Waals surface area contributed by atoms with Crippen molar-refractivity contribution in [3.63, 3.8) is 0 Å². The summed E-state index contributed by atoms with van der Waals surface area (Å²) in [5.74, 6) is 0. The maximum atomic E-state index is 4.82. The van der Waals surface area contributed by atoms with Crippen molar-refractivity contribution in [1.29, 1.82) is 0 Å². The van der Waals surface area contributed by atoms with E-state index in [0.717, 1.165) is 32.5 Å². The second-order valence-corrected chi connectivity index (χ2v) is 6.18. The van der Waals surface area contributed by atoms with Crippen molar-refractivity contribution in [1.82, 2.24) is 9.97 Å². The first-order valence-corrected chi connectivity index (χ1v) is 7.94. The lowest BCUT2D eigenvalue weighted by Gasteiger charge is -2.10. The molecule has 106 valence electrons. The van der Waals surface area contributed by atoms with Gasteiger partial charge >= 0.3 is 0 Å². The Hall–Kier alpha value is -2.26. The van der Waals surface area contributed by atoms with Crippen LogP contribution in [0.1, 0.15) is 5.69 Å². The van der Waals surface area contributed by atoms with Gasteiger partial charge in [-0.05, 0) is 42.0 Å². The summed E-state index contributed by atoms with van der Waals surface area (Å²) in [6.45, 7) is 2.01. The standard InChI is InChI=1S/C19H13BrN2/c1-12-19(22-18-9-5-4-8-17(18)21-12)15-10-13-6-2-3-7-14(13)11-16(15)20/h2-11H,1H3. The number of nitrogens with zero attached hydrogens (tertiary/aromatic N) is 2. The predicted molar refractivity (Wildman–Crippen MR) is 94.9 cm³/mol. The number of hydrogen-bond donors (Lipinski definition) is 0. The minimum absolute atomic E-state index is 0.920. The normalized spacial score (nSPS) is 11.2. The first-order valence-electron chi connectivity index (χ1n) is 7.14. The van der Waals surface area contributed by atoms with Gasteiger partial charge in [0.25, 0.3) is 0 Å². The molecule has 0 fully saturated rings. The molecular formula is C19H13BrN2. The number of aromatic nitrogens is 2. The van der Waals surface area contributed by atoms with E-state index in [1.165, 1.54) is 10.8 Å². The van der Waals surface area contributed by atoms with Gasteiger partial charge in [-0.1, -0.05) is 52.3 Å². The Kier molecular flexibility index (Phi) is 3.16. The molecule has 3 aromatic carbocycles. The summed E-state index contributed by atoms with van der Waals surface area (Å²) in [6.07, 6.45) is 0. The summed E-state index contributed by atoms with van der Waals surface area (Å²) < 4.78 is 1.04. The third kappa shape index (κ3) is 2.18. The highest BCUT2D eigenvalue weighted by Crippen LogP contribution is 2.33. The number of para-hydroxylation sites is 2. The average molecular weight is 349 g/mol. The quantitative estimate of drug-likeness (QED) is 0.452. The van der Waals surface area contributed by atoms with Crippen LogP contribution in [0.4, 0.5) is 0 Å². The summed E-state index contributed by atoms with van der Waals surface area (Å²) >= 11 is 3.68. The van der Waals surface area contributed by atoms with Crippen LogP contribution in [0.2, 0.25) is 0 Å². The number of hydrogen-bond acceptors (Lipinski definition) is 2. The molecule has 0 atom stereocenters. The third-order valence-electron chi connectivity index (χ3n) is 3.84. The molecule has 2 nitrogen and oxygen atoms in total. The lowest BCUT2D eigenvalue weighted by atomic mass is 10.0. The van der Waals surface area contributed by atoms with Crippen LogP contribution in [-0.4, -0.2) is 9.97 Å². The molecule has 0 N–H and O–H groups in total. The van der Waals surface area contributed by atoms with Crippen molar-refractivity contribution in [2.75, 3.05) is 0 Å². The maximum absolute atomic E-state index is 4.82. The van der Waals surface area contributed by atoms with E-state index in [0.29, 0.717) is 0 Å². The van der Waals surface area contributed by atoms with Crippen LogP contribution < -0.4 is 0 Å². The Morgan fingerprint density at radius 1 is 0.773 bits per heavy atom. The summed E-state index contributed by atoms with van der Waals surface area (Å²) in [5.41, 5.74) is 4.80. The Bertz CT molecular complexity index is 925. The van der Waals surface area contributed by atoms with E-state index in [2.05, 4.69) is 57.3 Å². The Balaban J connectivity index is 2.02. The summed E-state index contributed by atoms with van der Waals surface area (Å²) in [7, 11) is 0. The van der Waals surface area contributed by atoms with E-state index in [4.69, 9.17) is 4.98 Å². The van der Waals surface area contributed by atoms with E-state index in [1.54, 1.807) is 0 Å². The molecule has 1 heterocycles. The van der Waals surface area contributed by atoms with Gasteiger partial charge in [-0.25, -0.2) is 9.97 Å². The number of benzene rings is 3. The Morgan fingerprint density at radius 3 is 2.09 bits per heavy atom. The smallest absolute Gasteiger partial charge is 0.0933 e. The minimum Gasteiger partial charge on any atom is -0.249 e. The topological polar surface area (TPSA) is 25.8 Å². The van der Waals surface area contributed by atoms with Gasteiger partial charge in [-0.2, -0.15) is 0 Å². The zero-order valence-corrected chi connectivity index (χ0v) is 13.6. The molecule has 4 rings (SSSR count). The fourth-order valence-corrected chi connectivity index (χ4v) is 3.29. The fourth-order valence-electron chi connectivity index (χ4n) is 2.74. The average Bonchev–Trinajstić information content (AvgIpc) is 2.54. The summed E-state index contributed by atoms with van der Waals surface area (Å²) in [6, 6.07) is 20.6. The maximum Gasteiger partial charge on any atom is 0.0933 e. The SMILES string of the molecule is Cc1nc2ccccc2nc1-c1cc2ccccc2cc1Br. The number of fused-ring (bicyclic) bond motifs is 2. The number of aryl methyl sites for hydroxylation is 1. The van der Waals surface area contributed by atoms with Gasteiger partial charge < -0.3 is 0 Å². The summed E-state index contributed by atoms with van der Waals surface area (Å²) in [4.78, 5) is 9.51. The van der Waals surface area contributed by atoms with E-state index in [9.17, 15) is 0 Å². The Morgan fingerprint density at radius 2 is 1.36 bits per heavy atom. The van der Waals surface area contributed by atoms with Gasteiger partial charge in [0.05, 0.1) is 22.4 Å². The molecule has 0 aliphatic heterocycles. The van der Waals surface area contributed by atoms with E-state index < -0.39 is 0 Å². The first kappa shape index (κ1) is 13.4. The van der Waals surface area contributed by atoms with Crippen LogP contribution in [0, 0.1) is 6.92 Å². The largest absolute Gasteiger partial charge is 0.249 e. The van der Waals surface area contributed by atoms with Gasteiger partial charge in [0.2, 0.25) is 0 Å². The van der Waals surface area contributed by atoms with Crippen LogP contribution >= 0.6 is 15.9 Å². The minimum atomic E-state index is 0.920. The fraction of sp³-hybridized carbons (Fsp3) is 0.0526. The lowest BCUT2D eigenvalue weighted by molar-refractivity contribution is 1.19. The van der Waals surface area contributed by atoms with Crippen LogP contribution in [0.3, 0.4) is 0 Å². The monoisotopic (exact) mass is 348 g/mol. The molecule has 0 unspecified atom stereocenters. The molecule has 0 aliphatic rings. The molecule has 0 saturated carbocycles. The highest BCUT2D eigenvalue weighted by Gasteiger charge is 2.11. The van der Waals surface area contributed by atoms with Crippen molar-refractivity contribution >= 4 is 37.7 Å². The molecule has 4 aromatic rings. The van der Waals surface area contributed by atoms with Gasteiger partial charge in [0.1, 0.15) is 0 Å². The van der Waals surface area contributed by atoms with Crippen molar-refractivity contribution in [2.45, 2.75) is 6.92 Å². The highest BCUT2D eigenvalue weighted by molar-refractivity contribution is 9.10. The van der Waals surface area contributed by atoms with Gasteiger partial charge in [0.15, 0.2) is 0 Å². The zero-order valence-electron chi connectivity index (χ0n) is 12.0. The van der Waals surface area contributed by atoms with Crippen molar-refractivity contribution < 1.29 is 0 Å². The van der Waals surface area contributed by atoms with Crippen LogP contribution in [0.5, 0.6) is 0 Å².